The smallest absolute Gasteiger partial charge is 0.282 e. The van der Waals surface area contributed by atoms with Crippen LogP contribution in [0.15, 0.2) is 30.7 Å². The molecule has 0 saturated carbocycles. The summed E-state index contributed by atoms with van der Waals surface area (Å²) in [4.78, 5) is 14.6. The van der Waals surface area contributed by atoms with Gasteiger partial charge in [0.15, 0.2) is 5.65 Å². The number of piperidine rings is 1. The summed E-state index contributed by atoms with van der Waals surface area (Å²) in [5.74, 6) is 0.434. The average Bonchev–Trinajstić information content (AvgIpc) is 3.16. The third-order valence-electron chi connectivity index (χ3n) is 5.44. The van der Waals surface area contributed by atoms with Gasteiger partial charge in [0.05, 0.1) is 24.3 Å². The number of alkyl halides is 2. The number of aliphatic hydroxyl groups excluding tert-OH is 1. The topological polar surface area (TPSA) is 117 Å². The maximum Gasteiger partial charge on any atom is 0.282 e. The van der Waals surface area contributed by atoms with E-state index in [-0.39, 0.29) is 18.2 Å². The van der Waals surface area contributed by atoms with Crippen LogP contribution in [0.1, 0.15) is 18.5 Å². The molecule has 172 valence electrons. The number of aromatic nitrogens is 5. The van der Waals surface area contributed by atoms with Crippen LogP contribution in [-0.4, -0.2) is 81.4 Å². The van der Waals surface area contributed by atoms with Gasteiger partial charge in [0.25, 0.3) is 6.43 Å². The Morgan fingerprint density at radius 2 is 2.03 bits per heavy atom. The second-order valence-corrected chi connectivity index (χ2v) is 10.0. The third kappa shape index (κ3) is 4.69. The molecule has 2 atom stereocenters. The van der Waals surface area contributed by atoms with Gasteiger partial charge in [0, 0.05) is 32.7 Å². The van der Waals surface area contributed by atoms with Crippen molar-refractivity contribution in [3.63, 3.8) is 0 Å². The molecule has 13 heteroatoms. The fraction of sp³-hybridized carbons (Fsp3) is 0.474. The highest BCUT2D eigenvalue weighted by molar-refractivity contribution is 7.88. The standard InChI is InChI=1S/C19H23F2N7O3S/c1-26(32(2,30)31)8-12-5-13(29)10-27(9-12)18-6-15(23-11-24-18)16-7-22-17-4-3-14(19(20)21)25-28(16)17/h3-4,6-7,11-13,19,29H,5,8-10H2,1-2H3. The SMILES string of the molecule is CN(CC1CC(O)CN(c2cc(-c3cnc4ccc(C(F)F)nn34)ncn2)C1)S(C)(=O)=O. The Balaban J connectivity index is 1.61. The van der Waals surface area contributed by atoms with Crippen LogP contribution in [0, 0.1) is 5.92 Å². The highest BCUT2D eigenvalue weighted by atomic mass is 32.2. The summed E-state index contributed by atoms with van der Waals surface area (Å²) in [5, 5.41) is 14.3. The summed E-state index contributed by atoms with van der Waals surface area (Å²) < 4.78 is 52.3. The lowest BCUT2D eigenvalue weighted by atomic mass is 9.96. The number of rotatable bonds is 6. The third-order valence-corrected chi connectivity index (χ3v) is 6.72. The lowest BCUT2D eigenvalue weighted by Gasteiger charge is -2.37. The van der Waals surface area contributed by atoms with Gasteiger partial charge in [-0.25, -0.2) is 41.0 Å². The summed E-state index contributed by atoms with van der Waals surface area (Å²) in [5.41, 5.74) is 0.896. The number of aliphatic hydroxyl groups is 1. The van der Waals surface area contributed by atoms with Gasteiger partial charge in [0.2, 0.25) is 10.0 Å². The summed E-state index contributed by atoms with van der Waals surface area (Å²) >= 11 is 0. The first-order valence-corrected chi connectivity index (χ1v) is 11.8. The second kappa shape index (κ2) is 8.64. The number of sulfonamides is 1. The highest BCUT2D eigenvalue weighted by Gasteiger charge is 2.29. The van der Waals surface area contributed by atoms with Crippen LogP contribution >= 0.6 is 0 Å². The lowest BCUT2D eigenvalue weighted by molar-refractivity contribution is 0.122. The van der Waals surface area contributed by atoms with E-state index in [1.165, 1.54) is 40.5 Å². The molecule has 32 heavy (non-hydrogen) atoms. The van der Waals surface area contributed by atoms with E-state index in [2.05, 4.69) is 20.1 Å². The van der Waals surface area contributed by atoms with E-state index in [1.54, 1.807) is 6.07 Å². The minimum atomic E-state index is -3.33. The summed E-state index contributed by atoms with van der Waals surface area (Å²) in [6, 6.07) is 4.37. The van der Waals surface area contributed by atoms with E-state index in [9.17, 15) is 22.3 Å². The molecule has 1 saturated heterocycles. The van der Waals surface area contributed by atoms with Crippen molar-refractivity contribution in [3.8, 4) is 11.4 Å². The van der Waals surface area contributed by atoms with Crippen molar-refractivity contribution < 1.29 is 22.3 Å². The monoisotopic (exact) mass is 467 g/mol. The van der Waals surface area contributed by atoms with E-state index in [0.29, 0.717) is 42.4 Å². The van der Waals surface area contributed by atoms with Gasteiger partial charge in [-0.1, -0.05) is 0 Å². The Morgan fingerprint density at radius 1 is 1.25 bits per heavy atom. The number of β-amino-alcohol motifs (C(OH)–C–C–N with tert-alkyl or cyclic N) is 1. The Morgan fingerprint density at radius 3 is 2.75 bits per heavy atom. The van der Waals surface area contributed by atoms with E-state index < -0.39 is 22.6 Å². The average molecular weight is 468 g/mol. The Labute approximate surface area is 183 Å². The molecule has 0 bridgehead atoms. The predicted molar refractivity (Wildman–Crippen MR) is 113 cm³/mol. The molecule has 4 rings (SSSR count). The minimum Gasteiger partial charge on any atom is -0.391 e. The summed E-state index contributed by atoms with van der Waals surface area (Å²) in [6.45, 7) is 1.10. The van der Waals surface area contributed by atoms with Gasteiger partial charge < -0.3 is 10.0 Å². The maximum atomic E-state index is 13.1. The van der Waals surface area contributed by atoms with Crippen molar-refractivity contribution in [2.24, 2.45) is 5.92 Å². The Hall–Kier alpha value is -2.77. The molecule has 1 fully saturated rings. The lowest BCUT2D eigenvalue weighted by Crippen LogP contribution is -2.47. The zero-order valence-corrected chi connectivity index (χ0v) is 18.3. The van der Waals surface area contributed by atoms with Crippen molar-refractivity contribution in [1.82, 2.24) is 28.9 Å². The molecule has 0 amide bonds. The van der Waals surface area contributed by atoms with Crippen LogP contribution in [0.5, 0.6) is 0 Å². The van der Waals surface area contributed by atoms with Crippen LogP contribution in [0.4, 0.5) is 14.6 Å². The molecule has 0 spiro atoms. The number of nitrogens with zero attached hydrogens (tertiary/aromatic N) is 7. The fourth-order valence-corrected chi connectivity index (χ4v) is 4.31. The molecule has 2 unspecified atom stereocenters. The van der Waals surface area contributed by atoms with Crippen molar-refractivity contribution in [2.45, 2.75) is 19.0 Å². The molecule has 0 aromatic carbocycles. The van der Waals surface area contributed by atoms with E-state index in [1.807, 2.05) is 4.90 Å². The number of hydrogen-bond donors (Lipinski definition) is 1. The first kappa shape index (κ1) is 22.4. The Kier molecular flexibility index (Phi) is 6.05. The molecule has 4 heterocycles. The van der Waals surface area contributed by atoms with Crippen molar-refractivity contribution in [1.29, 1.82) is 0 Å². The zero-order chi connectivity index (χ0) is 23.0. The number of hydrogen-bond acceptors (Lipinski definition) is 8. The fourth-order valence-electron chi connectivity index (χ4n) is 3.83. The van der Waals surface area contributed by atoms with Crippen LogP contribution in [0.25, 0.3) is 17.0 Å². The molecule has 0 aliphatic carbocycles. The number of anilines is 1. The molecule has 3 aromatic heterocycles. The largest absolute Gasteiger partial charge is 0.391 e. The van der Waals surface area contributed by atoms with Crippen LogP contribution in [-0.2, 0) is 10.0 Å². The quantitative estimate of drug-likeness (QED) is 0.575. The predicted octanol–water partition coefficient (Wildman–Crippen LogP) is 1.20. The van der Waals surface area contributed by atoms with E-state index in [0.717, 1.165) is 6.26 Å². The molecule has 1 N–H and O–H groups in total. The zero-order valence-electron chi connectivity index (χ0n) is 17.5. The van der Waals surface area contributed by atoms with Crippen molar-refractivity contribution >= 4 is 21.5 Å². The highest BCUT2D eigenvalue weighted by Crippen LogP contribution is 2.27. The molecular formula is C19H23F2N7O3S. The second-order valence-electron chi connectivity index (χ2n) is 7.94. The number of fused-ring (bicyclic) bond motifs is 1. The van der Waals surface area contributed by atoms with Crippen LogP contribution in [0.2, 0.25) is 0 Å². The van der Waals surface area contributed by atoms with E-state index in [4.69, 9.17) is 0 Å². The maximum absolute atomic E-state index is 13.1. The molecule has 1 aliphatic heterocycles. The van der Waals surface area contributed by atoms with Gasteiger partial charge in [-0.2, -0.15) is 5.10 Å². The number of imidazole rings is 1. The molecule has 0 radical (unpaired) electrons. The molecule has 3 aromatic rings. The van der Waals surface area contributed by atoms with E-state index >= 15 is 0 Å². The van der Waals surface area contributed by atoms with Gasteiger partial charge in [-0.05, 0) is 24.5 Å². The van der Waals surface area contributed by atoms with Crippen molar-refractivity contribution in [3.05, 3.63) is 36.4 Å². The van der Waals surface area contributed by atoms with Crippen molar-refractivity contribution in [2.75, 3.05) is 37.8 Å². The molecule has 10 nitrogen and oxygen atoms in total. The van der Waals surface area contributed by atoms with Gasteiger partial charge in [-0.3, -0.25) is 0 Å². The molecule has 1 aliphatic rings. The van der Waals surface area contributed by atoms with Gasteiger partial charge >= 0.3 is 0 Å². The van der Waals surface area contributed by atoms with Gasteiger partial charge in [0.1, 0.15) is 23.5 Å². The first-order chi connectivity index (χ1) is 15.1. The van der Waals surface area contributed by atoms with Crippen LogP contribution < -0.4 is 4.90 Å². The minimum absolute atomic E-state index is 0.0945. The normalized spacial score (nSPS) is 19.9. The summed E-state index contributed by atoms with van der Waals surface area (Å²) in [6.07, 6.45) is 1.10. The Bertz CT molecular complexity index is 1220. The van der Waals surface area contributed by atoms with Gasteiger partial charge in [-0.15, -0.1) is 0 Å². The van der Waals surface area contributed by atoms with Crippen LogP contribution in [0.3, 0.4) is 0 Å². The number of halogens is 2. The molecular weight excluding hydrogens is 444 g/mol. The first-order valence-electron chi connectivity index (χ1n) is 9.91. The summed E-state index contributed by atoms with van der Waals surface area (Å²) in [7, 11) is -1.82.